The van der Waals surface area contributed by atoms with Crippen LogP contribution in [0.2, 0.25) is 10.0 Å². The first-order chi connectivity index (χ1) is 28.5. The Labute approximate surface area is 359 Å². The molecule has 2 aliphatic heterocycles. The fraction of sp³-hybridized carbons (Fsp3) is 0.667. The Hall–Kier alpha value is -3.32. The van der Waals surface area contributed by atoms with E-state index in [1.807, 2.05) is 27.7 Å². The van der Waals surface area contributed by atoms with Gasteiger partial charge in [-0.3, -0.25) is 0 Å². The van der Waals surface area contributed by atoms with Crippen molar-refractivity contribution in [2.75, 3.05) is 53.9 Å². The van der Waals surface area contributed by atoms with Crippen molar-refractivity contribution >= 4 is 42.9 Å². The van der Waals surface area contributed by atoms with E-state index in [0.717, 1.165) is 0 Å². The van der Waals surface area contributed by atoms with E-state index in [2.05, 4.69) is 40.3 Å². The standard InChI is InChI=1S/2C18H26ClN5O5S/c2*1-11(2)24-15(22-23-18(24)14-9-28-5-6-29-14)10-30(25,26)12(3)16(27-4)17-20-7-13(19)8-21-17/h2*7-8,11-12,14,16H,5-6,9-10H2,1-4H3/t12-,14+,16-;12-,14-,16-/m00/s1. The van der Waals surface area contributed by atoms with Gasteiger partial charge >= 0.3 is 0 Å². The zero-order valence-corrected chi connectivity index (χ0v) is 37.9. The zero-order valence-electron chi connectivity index (χ0n) is 34.7. The lowest BCUT2D eigenvalue weighted by Gasteiger charge is -2.25. The quantitative estimate of drug-likeness (QED) is 0.153. The highest BCUT2D eigenvalue weighted by atomic mass is 35.5. The Kier molecular flexibility index (Phi) is 16.8. The van der Waals surface area contributed by atoms with Gasteiger partial charge in [0.15, 0.2) is 43.0 Å². The third-order valence-electron chi connectivity index (χ3n) is 9.77. The van der Waals surface area contributed by atoms with Crippen LogP contribution in [0.15, 0.2) is 24.8 Å². The van der Waals surface area contributed by atoms with Crippen molar-refractivity contribution in [1.82, 2.24) is 49.5 Å². The number of halogens is 2. The van der Waals surface area contributed by atoms with Crippen molar-refractivity contribution < 1.29 is 45.3 Å². The summed E-state index contributed by atoms with van der Waals surface area (Å²) in [7, 11) is -4.54. The number of rotatable bonds is 16. The molecule has 6 atom stereocenters. The van der Waals surface area contributed by atoms with Gasteiger partial charge in [-0.25, -0.2) is 36.8 Å². The Morgan fingerprint density at radius 2 is 0.967 bits per heavy atom. The predicted octanol–water partition coefficient (Wildman–Crippen LogP) is 4.16. The normalized spacial score (nSPS) is 19.7. The molecule has 0 aromatic carbocycles. The van der Waals surface area contributed by atoms with Crippen LogP contribution in [-0.4, -0.2) is 131 Å². The summed E-state index contributed by atoms with van der Waals surface area (Å²) in [6.45, 7) is 13.6. The van der Waals surface area contributed by atoms with Gasteiger partial charge in [-0.15, -0.1) is 20.4 Å². The molecule has 0 N–H and O–H groups in total. The van der Waals surface area contributed by atoms with E-state index in [-0.39, 0.29) is 47.4 Å². The monoisotopic (exact) mass is 918 g/mol. The lowest BCUT2D eigenvalue weighted by atomic mass is 10.2. The van der Waals surface area contributed by atoms with Crippen LogP contribution in [0.3, 0.4) is 0 Å². The minimum atomic E-state index is -3.69. The van der Waals surface area contributed by atoms with E-state index in [1.165, 1.54) is 39.0 Å². The predicted molar refractivity (Wildman–Crippen MR) is 218 cm³/mol. The molecule has 0 unspecified atom stereocenters. The van der Waals surface area contributed by atoms with Crippen LogP contribution in [0.5, 0.6) is 0 Å². The van der Waals surface area contributed by atoms with E-state index in [1.54, 1.807) is 23.0 Å². The number of methoxy groups -OCH3 is 2. The molecule has 24 heteroatoms. The maximum atomic E-state index is 13.2. The van der Waals surface area contributed by atoms with Gasteiger partial charge < -0.3 is 37.6 Å². The van der Waals surface area contributed by atoms with E-state index >= 15 is 0 Å². The van der Waals surface area contributed by atoms with Crippen LogP contribution in [0.25, 0.3) is 0 Å². The summed E-state index contributed by atoms with van der Waals surface area (Å²) in [4.78, 5) is 16.4. The maximum absolute atomic E-state index is 13.2. The topological polar surface area (TPSA) is 237 Å². The first kappa shape index (κ1) is 47.7. The summed E-state index contributed by atoms with van der Waals surface area (Å²) < 4.78 is 89.6. The van der Waals surface area contributed by atoms with E-state index in [9.17, 15) is 16.8 Å². The molecule has 6 heterocycles. The van der Waals surface area contributed by atoms with Crippen molar-refractivity contribution in [3.8, 4) is 0 Å². The third-order valence-corrected chi connectivity index (χ3v) is 14.2. The molecule has 6 rings (SSSR count). The Morgan fingerprint density at radius 1 is 0.617 bits per heavy atom. The van der Waals surface area contributed by atoms with Crippen LogP contribution < -0.4 is 0 Å². The number of hydrogen-bond donors (Lipinski definition) is 0. The Bertz CT molecular complexity index is 2040. The van der Waals surface area contributed by atoms with E-state index < -0.39 is 42.4 Å². The second-order valence-corrected chi connectivity index (χ2v) is 20.2. The first-order valence-electron chi connectivity index (χ1n) is 19.2. The van der Waals surface area contributed by atoms with E-state index in [4.69, 9.17) is 51.6 Å². The summed E-state index contributed by atoms with van der Waals surface area (Å²) in [6, 6.07) is -0.113. The summed E-state index contributed by atoms with van der Waals surface area (Å²) in [5.74, 6) is 1.69. The molecule has 332 valence electrons. The number of hydrogen-bond acceptors (Lipinski definition) is 18. The lowest BCUT2D eigenvalue weighted by Crippen LogP contribution is -2.30. The summed E-state index contributed by atoms with van der Waals surface area (Å²) in [5.41, 5.74) is 0. The van der Waals surface area contributed by atoms with Gasteiger partial charge in [-0.1, -0.05) is 23.2 Å². The molecule has 0 spiro atoms. The molecule has 4 aromatic heterocycles. The number of ether oxygens (including phenoxy) is 6. The molecular weight excluding hydrogens is 867 g/mol. The fourth-order valence-electron chi connectivity index (χ4n) is 6.66. The maximum Gasteiger partial charge on any atom is 0.164 e. The average molecular weight is 920 g/mol. The van der Waals surface area contributed by atoms with Crippen molar-refractivity contribution in [2.45, 2.75) is 100 Å². The minimum Gasteiger partial charge on any atom is -0.376 e. The SMILES string of the molecule is CO[C@H](c1ncc(Cl)cn1)[C@H](C)S(=O)(=O)Cc1nnc([C@@H]2COCCO2)n1C(C)C.CO[C@H](c1ncc(Cl)cn1)[C@H](C)S(=O)(=O)Cc1nnc([C@H]2COCCO2)n1C(C)C. The van der Waals surface area contributed by atoms with Gasteiger partial charge in [0, 0.05) is 51.1 Å². The Balaban J connectivity index is 0.000000228. The molecule has 0 aliphatic carbocycles. The second kappa shape index (κ2) is 21.2. The van der Waals surface area contributed by atoms with Gasteiger partial charge in [-0.05, 0) is 41.5 Å². The van der Waals surface area contributed by atoms with Crippen molar-refractivity contribution in [3.05, 3.63) is 69.8 Å². The van der Waals surface area contributed by atoms with Gasteiger partial charge in [0.1, 0.15) is 47.6 Å². The van der Waals surface area contributed by atoms with Gasteiger partial charge in [0.25, 0.3) is 0 Å². The lowest BCUT2D eigenvalue weighted by molar-refractivity contribution is -0.0950. The first-order valence-corrected chi connectivity index (χ1v) is 23.4. The molecule has 2 saturated heterocycles. The van der Waals surface area contributed by atoms with Gasteiger partial charge in [0.2, 0.25) is 0 Å². The van der Waals surface area contributed by atoms with Crippen LogP contribution in [-0.2, 0) is 59.6 Å². The van der Waals surface area contributed by atoms with Gasteiger partial charge in [0.05, 0.1) is 60.2 Å². The van der Waals surface area contributed by atoms with Crippen LogP contribution in [0.1, 0.15) is 113 Å². The smallest absolute Gasteiger partial charge is 0.164 e. The van der Waals surface area contributed by atoms with Gasteiger partial charge in [-0.2, -0.15) is 0 Å². The largest absolute Gasteiger partial charge is 0.376 e. The van der Waals surface area contributed by atoms with Crippen molar-refractivity contribution in [3.63, 3.8) is 0 Å². The Morgan fingerprint density at radius 3 is 1.25 bits per heavy atom. The van der Waals surface area contributed by atoms with Crippen LogP contribution in [0.4, 0.5) is 0 Å². The van der Waals surface area contributed by atoms with Crippen LogP contribution >= 0.6 is 23.2 Å². The molecule has 0 saturated carbocycles. The molecule has 0 bridgehead atoms. The number of nitrogens with zero attached hydrogens (tertiary/aromatic N) is 10. The third kappa shape index (κ3) is 11.6. The molecule has 4 aromatic rings. The highest BCUT2D eigenvalue weighted by Gasteiger charge is 2.37. The molecule has 0 radical (unpaired) electrons. The average Bonchev–Trinajstić information content (AvgIpc) is 3.84. The van der Waals surface area contributed by atoms with Crippen LogP contribution in [0, 0.1) is 0 Å². The second-order valence-electron chi connectivity index (χ2n) is 14.6. The highest BCUT2D eigenvalue weighted by Crippen LogP contribution is 2.30. The van der Waals surface area contributed by atoms with Crippen molar-refractivity contribution in [1.29, 1.82) is 0 Å². The highest BCUT2D eigenvalue weighted by molar-refractivity contribution is 7.91. The number of sulfone groups is 2. The molecule has 20 nitrogen and oxygen atoms in total. The molecule has 60 heavy (non-hydrogen) atoms. The summed E-state index contributed by atoms with van der Waals surface area (Å²) in [5, 5.41) is 15.6. The summed E-state index contributed by atoms with van der Waals surface area (Å²) in [6.07, 6.45) is 3.17. The zero-order chi connectivity index (χ0) is 43.8. The van der Waals surface area contributed by atoms with E-state index in [0.29, 0.717) is 73.0 Å². The van der Waals surface area contributed by atoms with Crippen molar-refractivity contribution in [2.24, 2.45) is 0 Å². The summed E-state index contributed by atoms with van der Waals surface area (Å²) >= 11 is 11.7. The number of aromatic nitrogens is 10. The fourth-order valence-corrected chi connectivity index (χ4v) is 9.71. The minimum absolute atomic E-state index is 0.0566. The molecule has 2 aliphatic rings. The molecule has 2 fully saturated rings. The molecule has 0 amide bonds. The molecular formula is C36H52Cl2N10O10S2.